The lowest BCUT2D eigenvalue weighted by Gasteiger charge is -1.97. The summed E-state index contributed by atoms with van der Waals surface area (Å²) < 4.78 is 0. The van der Waals surface area contributed by atoms with Crippen LogP contribution in [0.1, 0.15) is 5.56 Å². The van der Waals surface area contributed by atoms with Gasteiger partial charge in [-0.25, -0.2) is 4.98 Å². The Labute approximate surface area is 55.5 Å². The molecule has 2 radical (unpaired) electrons. The number of pyridine rings is 1. The molecule has 1 heterocycles. The molecule has 44 valence electrons. The Kier molecular flexibility index (Phi) is 1.43. The minimum atomic E-state index is 0.546. The second-order valence-corrected chi connectivity index (χ2v) is 1.97. The molecule has 0 spiro atoms. The minimum absolute atomic E-state index is 0.546. The third-order valence-electron chi connectivity index (χ3n) is 1.14. The zero-order valence-corrected chi connectivity index (χ0v) is 5.26. The molecular weight excluding hydrogens is 111 g/mol. The molecule has 1 aromatic heterocycles. The molecule has 9 heavy (non-hydrogen) atoms. The van der Waals surface area contributed by atoms with Gasteiger partial charge in [-0.1, -0.05) is 11.5 Å². The molecule has 0 aliphatic heterocycles. The van der Waals surface area contributed by atoms with Crippen molar-refractivity contribution in [2.75, 3.05) is 5.73 Å². The first-order chi connectivity index (χ1) is 4.20. The van der Waals surface area contributed by atoms with Crippen molar-refractivity contribution in [2.45, 2.75) is 6.92 Å². The number of nitrogens with two attached hydrogens (primary N) is 1. The van der Waals surface area contributed by atoms with Crippen LogP contribution in [-0.2, 0) is 0 Å². The van der Waals surface area contributed by atoms with E-state index in [4.69, 9.17) is 13.6 Å². The van der Waals surface area contributed by atoms with E-state index in [9.17, 15) is 0 Å². The Balaban J connectivity index is 3.17. The molecule has 0 aliphatic carbocycles. The zero-order chi connectivity index (χ0) is 6.85. The van der Waals surface area contributed by atoms with Crippen LogP contribution in [0, 0.1) is 6.92 Å². The first-order valence-electron chi connectivity index (χ1n) is 2.68. The number of nitrogen functional groups attached to an aromatic ring is 1. The predicted molar refractivity (Wildman–Crippen MR) is 38.8 cm³/mol. The molecule has 2 nitrogen and oxygen atoms in total. The Hall–Kier alpha value is -0.985. The van der Waals surface area contributed by atoms with E-state index in [-0.39, 0.29) is 0 Å². The van der Waals surface area contributed by atoms with E-state index in [1.165, 1.54) is 0 Å². The van der Waals surface area contributed by atoms with Gasteiger partial charge in [-0.3, -0.25) is 0 Å². The average Bonchev–Trinajstić information content (AvgIpc) is 1.80. The molecule has 0 amide bonds. The van der Waals surface area contributed by atoms with E-state index in [0.29, 0.717) is 11.3 Å². The Morgan fingerprint density at radius 2 is 2.33 bits per heavy atom. The van der Waals surface area contributed by atoms with Crippen molar-refractivity contribution < 1.29 is 0 Å². The fraction of sp³-hybridized carbons (Fsp3) is 0.167. The van der Waals surface area contributed by atoms with Crippen LogP contribution < -0.4 is 11.2 Å². The molecule has 0 bridgehead atoms. The summed E-state index contributed by atoms with van der Waals surface area (Å²) in [5.74, 6) is 0.546. The van der Waals surface area contributed by atoms with Gasteiger partial charge in [0.15, 0.2) is 0 Å². The highest BCUT2D eigenvalue weighted by atomic mass is 14.8. The van der Waals surface area contributed by atoms with Gasteiger partial charge >= 0.3 is 0 Å². The van der Waals surface area contributed by atoms with Crippen molar-refractivity contribution in [1.29, 1.82) is 0 Å². The van der Waals surface area contributed by atoms with Crippen LogP contribution in [-0.4, -0.2) is 12.8 Å². The number of rotatable bonds is 0. The molecule has 0 aliphatic rings. The van der Waals surface area contributed by atoms with Crippen LogP contribution in [0.3, 0.4) is 0 Å². The molecule has 3 heteroatoms. The summed E-state index contributed by atoms with van der Waals surface area (Å²) in [7, 11) is 5.41. The van der Waals surface area contributed by atoms with E-state index in [1.807, 2.05) is 6.92 Å². The molecule has 2 N–H and O–H groups in total. The highest BCUT2D eigenvalue weighted by Crippen LogP contribution is 2.00. The van der Waals surface area contributed by atoms with E-state index in [0.717, 1.165) is 5.56 Å². The fourth-order valence-electron chi connectivity index (χ4n) is 0.607. The highest BCUT2D eigenvalue weighted by molar-refractivity contribution is 6.32. The lowest BCUT2D eigenvalue weighted by molar-refractivity contribution is 1.30. The van der Waals surface area contributed by atoms with Gasteiger partial charge < -0.3 is 5.73 Å². The average molecular weight is 118 g/mol. The fourth-order valence-corrected chi connectivity index (χ4v) is 0.607. The Bertz CT molecular complexity index is 222. The summed E-state index contributed by atoms with van der Waals surface area (Å²) >= 11 is 0. The maximum Gasteiger partial charge on any atom is 0.126 e. The molecule has 0 atom stereocenters. The lowest BCUT2D eigenvalue weighted by atomic mass is 9.97. The van der Waals surface area contributed by atoms with Crippen molar-refractivity contribution in [3.8, 4) is 0 Å². The van der Waals surface area contributed by atoms with Gasteiger partial charge in [0.25, 0.3) is 0 Å². The van der Waals surface area contributed by atoms with Crippen LogP contribution in [0.4, 0.5) is 5.82 Å². The number of hydrogen-bond donors (Lipinski definition) is 1. The number of aromatic nitrogens is 1. The van der Waals surface area contributed by atoms with Crippen molar-refractivity contribution in [2.24, 2.45) is 0 Å². The Morgan fingerprint density at radius 3 is 2.78 bits per heavy atom. The third kappa shape index (κ3) is 1.22. The first-order valence-corrected chi connectivity index (χ1v) is 2.68. The summed E-state index contributed by atoms with van der Waals surface area (Å²) in [6, 6.07) is 1.79. The van der Waals surface area contributed by atoms with Gasteiger partial charge in [0.05, 0.1) is 0 Å². The van der Waals surface area contributed by atoms with E-state index >= 15 is 0 Å². The highest BCUT2D eigenvalue weighted by Gasteiger charge is 1.91. The summed E-state index contributed by atoms with van der Waals surface area (Å²) in [5.41, 5.74) is 7.00. The van der Waals surface area contributed by atoms with E-state index in [1.54, 1.807) is 12.3 Å². The van der Waals surface area contributed by atoms with Gasteiger partial charge in [0.1, 0.15) is 13.7 Å². The van der Waals surface area contributed by atoms with E-state index < -0.39 is 0 Å². The van der Waals surface area contributed by atoms with Crippen molar-refractivity contribution >= 4 is 19.1 Å². The quantitative estimate of drug-likeness (QED) is 0.477. The molecule has 0 saturated carbocycles. The maximum absolute atomic E-state index is 5.42. The summed E-state index contributed by atoms with van der Waals surface area (Å²) in [4.78, 5) is 3.83. The molecule has 0 unspecified atom stereocenters. The van der Waals surface area contributed by atoms with Crippen LogP contribution in [0.5, 0.6) is 0 Å². The molecule has 0 fully saturated rings. The van der Waals surface area contributed by atoms with Crippen LogP contribution in [0.15, 0.2) is 12.3 Å². The van der Waals surface area contributed by atoms with Crippen LogP contribution in [0.2, 0.25) is 0 Å². The smallest absolute Gasteiger partial charge is 0.126 e. The monoisotopic (exact) mass is 118 g/mol. The van der Waals surface area contributed by atoms with Gasteiger partial charge in [-0.2, -0.15) is 0 Å². The van der Waals surface area contributed by atoms with Gasteiger partial charge in [0.2, 0.25) is 0 Å². The van der Waals surface area contributed by atoms with Crippen molar-refractivity contribution in [1.82, 2.24) is 4.98 Å². The minimum Gasteiger partial charge on any atom is -0.383 e. The normalized spacial score (nSPS) is 9.44. The van der Waals surface area contributed by atoms with Gasteiger partial charge in [-0.05, 0) is 12.5 Å². The number of anilines is 1. The number of aryl methyl sites for hydroxylation is 1. The topological polar surface area (TPSA) is 38.9 Å². The molecule has 1 rings (SSSR count). The largest absolute Gasteiger partial charge is 0.383 e. The third-order valence-corrected chi connectivity index (χ3v) is 1.14. The predicted octanol–water partition coefficient (Wildman–Crippen LogP) is -0.234. The van der Waals surface area contributed by atoms with Crippen LogP contribution in [0.25, 0.3) is 0 Å². The van der Waals surface area contributed by atoms with Crippen LogP contribution >= 0.6 is 0 Å². The SMILES string of the molecule is [B]c1cnc(N)c(C)c1. The van der Waals surface area contributed by atoms with Crippen molar-refractivity contribution in [3.05, 3.63) is 17.8 Å². The molecular formula is C6H7BN2. The van der Waals surface area contributed by atoms with Gasteiger partial charge in [0, 0.05) is 6.20 Å². The summed E-state index contributed by atoms with van der Waals surface area (Å²) in [5, 5.41) is 0. The summed E-state index contributed by atoms with van der Waals surface area (Å²) in [6.45, 7) is 1.87. The first kappa shape index (κ1) is 6.14. The number of nitrogens with zero attached hydrogens (tertiary/aromatic N) is 1. The molecule has 0 aromatic carbocycles. The van der Waals surface area contributed by atoms with Gasteiger partial charge in [-0.15, -0.1) is 0 Å². The second-order valence-electron chi connectivity index (χ2n) is 1.97. The Morgan fingerprint density at radius 1 is 1.67 bits per heavy atom. The second kappa shape index (κ2) is 2.09. The summed E-state index contributed by atoms with van der Waals surface area (Å²) in [6.07, 6.45) is 1.54. The molecule has 0 saturated heterocycles. The number of hydrogen-bond acceptors (Lipinski definition) is 2. The standard InChI is InChI=1S/C6H7BN2/c1-4-2-5(7)3-9-6(4)8/h2-3H,1H3,(H2,8,9). The maximum atomic E-state index is 5.42. The lowest BCUT2D eigenvalue weighted by Crippen LogP contribution is -2.06. The van der Waals surface area contributed by atoms with E-state index in [2.05, 4.69) is 4.98 Å². The zero-order valence-electron chi connectivity index (χ0n) is 5.26. The molecule has 1 aromatic rings. The van der Waals surface area contributed by atoms with Crippen molar-refractivity contribution in [3.63, 3.8) is 0 Å².